The lowest BCUT2D eigenvalue weighted by atomic mass is 10.1. The van der Waals surface area contributed by atoms with Crippen LogP contribution >= 0.6 is 0 Å². The van der Waals surface area contributed by atoms with Gasteiger partial charge in [0.1, 0.15) is 11.4 Å². The van der Waals surface area contributed by atoms with E-state index in [9.17, 15) is 19.3 Å². The van der Waals surface area contributed by atoms with E-state index in [1.54, 1.807) is 12.1 Å². The van der Waals surface area contributed by atoms with Crippen LogP contribution in [0.3, 0.4) is 0 Å². The van der Waals surface area contributed by atoms with Crippen LogP contribution in [0.5, 0.6) is 0 Å². The van der Waals surface area contributed by atoms with Gasteiger partial charge in [-0.05, 0) is 31.2 Å². The van der Waals surface area contributed by atoms with Crippen LogP contribution in [-0.4, -0.2) is 15.8 Å². The highest BCUT2D eigenvalue weighted by atomic mass is 19.1. The minimum absolute atomic E-state index is 0.105. The second kappa shape index (κ2) is 6.08. The van der Waals surface area contributed by atoms with Gasteiger partial charge in [0.25, 0.3) is 11.6 Å². The van der Waals surface area contributed by atoms with Gasteiger partial charge in [0, 0.05) is 11.8 Å². The summed E-state index contributed by atoms with van der Waals surface area (Å²) >= 11 is 0. The van der Waals surface area contributed by atoms with Crippen molar-refractivity contribution in [2.24, 2.45) is 0 Å². The van der Waals surface area contributed by atoms with Crippen molar-refractivity contribution in [2.45, 2.75) is 13.5 Å². The molecule has 0 radical (unpaired) electrons. The van der Waals surface area contributed by atoms with Gasteiger partial charge in [0.15, 0.2) is 0 Å². The highest BCUT2D eigenvalue weighted by molar-refractivity contribution is 5.98. The number of aromatic nitrogens is 1. The van der Waals surface area contributed by atoms with Gasteiger partial charge in [-0.25, -0.2) is 4.39 Å². The average molecular weight is 289 g/mol. The van der Waals surface area contributed by atoms with E-state index in [4.69, 9.17) is 0 Å². The molecule has 108 valence electrons. The minimum atomic E-state index is -0.723. The molecule has 1 N–H and O–H groups in total. The molecular formula is C14H12FN3O3. The predicted octanol–water partition coefficient (Wildman–Crippen LogP) is 2.37. The molecule has 21 heavy (non-hydrogen) atoms. The number of aryl methyl sites for hydroxylation is 1. The number of hydrogen-bond donors (Lipinski definition) is 1. The maximum atomic E-state index is 13.2. The van der Waals surface area contributed by atoms with Gasteiger partial charge in [0.2, 0.25) is 0 Å². The summed E-state index contributed by atoms with van der Waals surface area (Å²) in [6.45, 7) is 1.91. The molecule has 0 fully saturated rings. The Labute approximate surface area is 119 Å². The topological polar surface area (TPSA) is 85.1 Å². The fraction of sp³-hybridized carbons (Fsp3) is 0.143. The molecule has 1 amide bonds. The first-order valence-electron chi connectivity index (χ1n) is 6.12. The lowest BCUT2D eigenvalue weighted by Gasteiger charge is -2.06. The molecule has 0 aliphatic rings. The van der Waals surface area contributed by atoms with Crippen LogP contribution in [0.25, 0.3) is 0 Å². The zero-order valence-electron chi connectivity index (χ0n) is 11.2. The van der Waals surface area contributed by atoms with Gasteiger partial charge in [-0.2, -0.15) is 0 Å². The van der Waals surface area contributed by atoms with E-state index < -0.39 is 22.3 Å². The molecule has 1 aromatic heterocycles. The number of benzene rings is 1. The molecule has 1 heterocycles. The monoisotopic (exact) mass is 289 g/mol. The number of pyridine rings is 1. The van der Waals surface area contributed by atoms with E-state index in [0.29, 0.717) is 5.69 Å². The fourth-order valence-corrected chi connectivity index (χ4v) is 1.81. The van der Waals surface area contributed by atoms with Crippen LogP contribution in [0.1, 0.15) is 21.7 Å². The summed E-state index contributed by atoms with van der Waals surface area (Å²) in [7, 11) is 0. The minimum Gasteiger partial charge on any atom is -0.346 e. The number of rotatable bonds is 4. The van der Waals surface area contributed by atoms with Crippen LogP contribution in [0.4, 0.5) is 10.1 Å². The zero-order chi connectivity index (χ0) is 15.4. The highest BCUT2D eigenvalue weighted by Crippen LogP contribution is 2.19. The summed E-state index contributed by atoms with van der Waals surface area (Å²) in [4.78, 5) is 26.3. The number of nitro benzene ring substituents is 1. The Hall–Kier alpha value is -2.83. The second-order valence-electron chi connectivity index (χ2n) is 4.37. The Balaban J connectivity index is 2.17. The van der Waals surface area contributed by atoms with Crippen molar-refractivity contribution >= 4 is 11.6 Å². The average Bonchev–Trinajstić information content (AvgIpc) is 2.44. The second-order valence-corrected chi connectivity index (χ2v) is 4.37. The molecule has 0 bridgehead atoms. The molecule has 2 aromatic rings. The van der Waals surface area contributed by atoms with Crippen LogP contribution in [0, 0.1) is 22.9 Å². The van der Waals surface area contributed by atoms with Crippen molar-refractivity contribution < 1.29 is 14.1 Å². The fourth-order valence-electron chi connectivity index (χ4n) is 1.81. The summed E-state index contributed by atoms with van der Waals surface area (Å²) in [5, 5.41) is 13.3. The van der Waals surface area contributed by atoms with Crippen molar-refractivity contribution in [1.82, 2.24) is 10.3 Å². The molecule has 6 nitrogen and oxygen atoms in total. The SMILES string of the molecule is Cc1cccc(CNC(=O)c2cc(F)ccc2[N+](=O)[O-])n1. The quantitative estimate of drug-likeness (QED) is 0.691. The molecule has 0 atom stereocenters. The highest BCUT2D eigenvalue weighted by Gasteiger charge is 2.20. The largest absolute Gasteiger partial charge is 0.346 e. The van der Waals surface area contributed by atoms with Gasteiger partial charge in [-0.3, -0.25) is 19.9 Å². The first-order valence-corrected chi connectivity index (χ1v) is 6.12. The summed E-state index contributed by atoms with van der Waals surface area (Å²) in [5.41, 5.74) is 0.652. The van der Waals surface area contributed by atoms with E-state index in [1.165, 1.54) is 0 Å². The van der Waals surface area contributed by atoms with E-state index in [-0.39, 0.29) is 12.1 Å². The Morgan fingerprint density at radius 1 is 1.38 bits per heavy atom. The lowest BCUT2D eigenvalue weighted by Crippen LogP contribution is -2.24. The number of amides is 1. The normalized spacial score (nSPS) is 10.2. The van der Waals surface area contributed by atoms with Crippen molar-refractivity contribution in [3.63, 3.8) is 0 Å². The van der Waals surface area contributed by atoms with Gasteiger partial charge in [-0.1, -0.05) is 6.07 Å². The molecule has 7 heteroatoms. The zero-order valence-corrected chi connectivity index (χ0v) is 11.2. The number of hydrogen-bond acceptors (Lipinski definition) is 4. The standard InChI is InChI=1S/C14H12FN3O3/c1-9-3-2-4-11(17-9)8-16-14(19)12-7-10(15)5-6-13(12)18(20)21/h2-7H,8H2,1H3,(H,16,19). The molecule has 0 aliphatic carbocycles. The van der Waals surface area contributed by atoms with Crippen molar-refractivity contribution in [3.8, 4) is 0 Å². The van der Waals surface area contributed by atoms with E-state index >= 15 is 0 Å². The molecule has 2 rings (SSSR count). The molecule has 0 spiro atoms. The Morgan fingerprint density at radius 2 is 2.14 bits per heavy atom. The maximum absolute atomic E-state index is 13.2. The third-order valence-corrected chi connectivity index (χ3v) is 2.78. The van der Waals surface area contributed by atoms with Crippen molar-refractivity contribution in [2.75, 3.05) is 0 Å². The number of carbonyl (C=O) groups excluding carboxylic acids is 1. The summed E-state index contributed by atoms with van der Waals surface area (Å²) in [6, 6.07) is 8.06. The maximum Gasteiger partial charge on any atom is 0.282 e. The van der Waals surface area contributed by atoms with Crippen LogP contribution in [-0.2, 0) is 6.54 Å². The number of nitrogens with zero attached hydrogens (tertiary/aromatic N) is 2. The van der Waals surface area contributed by atoms with E-state index in [2.05, 4.69) is 10.3 Å². The summed E-state index contributed by atoms with van der Waals surface area (Å²) in [5.74, 6) is -1.43. The molecular weight excluding hydrogens is 277 g/mol. The van der Waals surface area contributed by atoms with Gasteiger partial charge >= 0.3 is 0 Å². The molecule has 1 aromatic carbocycles. The number of halogens is 1. The number of nitro groups is 1. The third kappa shape index (κ3) is 3.59. The van der Waals surface area contributed by atoms with Crippen LogP contribution < -0.4 is 5.32 Å². The molecule has 0 saturated heterocycles. The number of carbonyl (C=O) groups is 1. The first kappa shape index (κ1) is 14.6. The van der Waals surface area contributed by atoms with Crippen molar-refractivity contribution in [1.29, 1.82) is 0 Å². The molecule has 0 aliphatic heterocycles. The van der Waals surface area contributed by atoms with E-state index in [1.807, 2.05) is 13.0 Å². The van der Waals surface area contributed by atoms with Crippen LogP contribution in [0.15, 0.2) is 36.4 Å². The van der Waals surface area contributed by atoms with Gasteiger partial charge < -0.3 is 5.32 Å². The Morgan fingerprint density at radius 3 is 2.81 bits per heavy atom. The smallest absolute Gasteiger partial charge is 0.282 e. The summed E-state index contributed by atoms with van der Waals surface area (Å²) in [6.07, 6.45) is 0. The molecule has 0 saturated carbocycles. The lowest BCUT2D eigenvalue weighted by molar-refractivity contribution is -0.385. The predicted molar refractivity (Wildman–Crippen MR) is 73.2 cm³/mol. The summed E-state index contributed by atoms with van der Waals surface area (Å²) < 4.78 is 13.2. The van der Waals surface area contributed by atoms with E-state index in [0.717, 1.165) is 23.9 Å². The van der Waals surface area contributed by atoms with Crippen LogP contribution in [0.2, 0.25) is 0 Å². The Kier molecular flexibility index (Phi) is 4.22. The Bertz CT molecular complexity index is 704. The first-order chi connectivity index (χ1) is 9.97. The third-order valence-electron chi connectivity index (χ3n) is 2.78. The number of nitrogens with one attached hydrogen (secondary N) is 1. The van der Waals surface area contributed by atoms with Gasteiger partial charge in [-0.15, -0.1) is 0 Å². The molecule has 0 unspecified atom stereocenters. The van der Waals surface area contributed by atoms with Gasteiger partial charge in [0.05, 0.1) is 17.2 Å². The van der Waals surface area contributed by atoms with Crippen molar-refractivity contribution in [3.05, 3.63) is 69.3 Å².